The van der Waals surface area contributed by atoms with Crippen molar-refractivity contribution in [3.63, 3.8) is 0 Å². The highest BCUT2D eigenvalue weighted by atomic mass is 32.1. The molecular formula is C14H20N2OS. The fraction of sp³-hybridized carbons (Fsp3) is 0.429. The molecule has 1 aromatic carbocycles. The molecular weight excluding hydrogens is 244 g/mol. The van der Waals surface area contributed by atoms with Gasteiger partial charge >= 0.3 is 0 Å². The van der Waals surface area contributed by atoms with E-state index in [1.165, 1.54) is 11.1 Å². The molecule has 0 bridgehead atoms. The minimum Gasteiger partial charge on any atom is -0.392 e. The third-order valence-electron chi connectivity index (χ3n) is 2.97. The molecule has 0 aliphatic heterocycles. The first-order chi connectivity index (χ1) is 8.54. The Kier molecular flexibility index (Phi) is 5.78. The predicted octanol–water partition coefficient (Wildman–Crippen LogP) is 2.11. The summed E-state index contributed by atoms with van der Waals surface area (Å²) in [5.74, 6) is -0.00194. The topological polar surface area (TPSA) is 55.1 Å². The van der Waals surface area contributed by atoms with Crippen molar-refractivity contribution in [1.82, 2.24) is 5.32 Å². The molecule has 0 heterocycles. The Hall–Kier alpha value is -1.42. The second kappa shape index (κ2) is 7.11. The fourth-order valence-corrected chi connectivity index (χ4v) is 2.01. The highest BCUT2D eigenvalue weighted by Crippen LogP contribution is 2.09. The van der Waals surface area contributed by atoms with Gasteiger partial charge < -0.3 is 11.1 Å². The van der Waals surface area contributed by atoms with Crippen LogP contribution in [0.25, 0.3) is 0 Å². The summed E-state index contributed by atoms with van der Waals surface area (Å²) in [5, 5.41) is 2.85. The largest absolute Gasteiger partial charge is 0.392 e. The van der Waals surface area contributed by atoms with E-state index in [9.17, 15) is 4.79 Å². The fourth-order valence-electron chi connectivity index (χ4n) is 1.78. The molecule has 1 aromatic rings. The van der Waals surface area contributed by atoms with Crippen LogP contribution in [-0.4, -0.2) is 16.9 Å². The van der Waals surface area contributed by atoms with Crippen LogP contribution in [0.1, 0.15) is 30.9 Å². The van der Waals surface area contributed by atoms with Gasteiger partial charge in [-0.2, -0.15) is 0 Å². The van der Waals surface area contributed by atoms with Gasteiger partial charge in [0, 0.05) is 6.42 Å². The van der Waals surface area contributed by atoms with E-state index in [0.29, 0.717) is 11.4 Å². The van der Waals surface area contributed by atoms with Crippen LogP contribution in [0.2, 0.25) is 0 Å². The maximum absolute atomic E-state index is 11.8. The average molecular weight is 264 g/mol. The monoisotopic (exact) mass is 264 g/mol. The molecule has 98 valence electrons. The summed E-state index contributed by atoms with van der Waals surface area (Å²) in [6, 6.07) is 7.90. The van der Waals surface area contributed by atoms with Crippen molar-refractivity contribution in [1.29, 1.82) is 0 Å². The van der Waals surface area contributed by atoms with Crippen molar-refractivity contribution in [3.05, 3.63) is 35.4 Å². The van der Waals surface area contributed by atoms with Crippen LogP contribution in [-0.2, 0) is 11.2 Å². The number of nitrogens with two attached hydrogens (primary N) is 1. The molecule has 1 amide bonds. The zero-order chi connectivity index (χ0) is 13.5. The van der Waals surface area contributed by atoms with Crippen LogP contribution >= 0.6 is 12.2 Å². The molecule has 3 nitrogen and oxygen atoms in total. The molecule has 0 spiro atoms. The number of benzene rings is 1. The maximum Gasteiger partial charge on any atom is 0.220 e. The van der Waals surface area contributed by atoms with Crippen molar-refractivity contribution >= 4 is 23.1 Å². The van der Waals surface area contributed by atoms with Crippen molar-refractivity contribution in [2.75, 3.05) is 0 Å². The molecule has 1 atom stereocenters. The lowest BCUT2D eigenvalue weighted by molar-refractivity contribution is -0.121. The van der Waals surface area contributed by atoms with Gasteiger partial charge in [-0.05, 0) is 30.9 Å². The quantitative estimate of drug-likeness (QED) is 0.774. The molecule has 0 saturated heterocycles. The SMILES string of the molecule is CCC(NC(=O)CCc1ccccc1C)C(N)=S. The molecule has 0 saturated carbocycles. The second-order valence-electron chi connectivity index (χ2n) is 4.36. The Morgan fingerprint density at radius 1 is 1.44 bits per heavy atom. The van der Waals surface area contributed by atoms with Crippen molar-refractivity contribution in [2.45, 2.75) is 39.2 Å². The summed E-state index contributed by atoms with van der Waals surface area (Å²) in [6.45, 7) is 4.00. The second-order valence-corrected chi connectivity index (χ2v) is 4.83. The summed E-state index contributed by atoms with van der Waals surface area (Å²) >= 11 is 4.90. The van der Waals surface area contributed by atoms with Crippen LogP contribution in [0.4, 0.5) is 0 Å². The molecule has 1 rings (SSSR count). The molecule has 4 heteroatoms. The Balaban J connectivity index is 2.47. The minimum atomic E-state index is -0.190. The van der Waals surface area contributed by atoms with E-state index in [0.717, 1.165) is 12.8 Å². The van der Waals surface area contributed by atoms with Gasteiger partial charge in [-0.15, -0.1) is 0 Å². The van der Waals surface area contributed by atoms with Gasteiger partial charge in [-0.25, -0.2) is 0 Å². The Morgan fingerprint density at radius 2 is 2.11 bits per heavy atom. The summed E-state index contributed by atoms with van der Waals surface area (Å²) in [7, 11) is 0. The number of rotatable bonds is 6. The number of hydrogen-bond acceptors (Lipinski definition) is 2. The number of aryl methyl sites for hydroxylation is 2. The number of nitrogens with one attached hydrogen (secondary N) is 1. The standard InChI is InChI=1S/C14H20N2OS/c1-3-12(14(15)18)16-13(17)9-8-11-7-5-4-6-10(11)2/h4-7,12H,3,8-9H2,1-2H3,(H2,15,18)(H,16,17). The molecule has 0 aromatic heterocycles. The van der Waals surface area contributed by atoms with Crippen LogP contribution in [0.3, 0.4) is 0 Å². The average Bonchev–Trinajstić information content (AvgIpc) is 2.34. The van der Waals surface area contributed by atoms with Crippen LogP contribution in [0.5, 0.6) is 0 Å². The number of carbonyl (C=O) groups is 1. The zero-order valence-corrected chi connectivity index (χ0v) is 11.7. The maximum atomic E-state index is 11.8. The molecule has 0 radical (unpaired) electrons. The predicted molar refractivity (Wildman–Crippen MR) is 78.5 cm³/mol. The molecule has 0 aliphatic carbocycles. The van der Waals surface area contributed by atoms with E-state index in [1.807, 2.05) is 25.1 Å². The van der Waals surface area contributed by atoms with Crippen molar-refractivity contribution < 1.29 is 4.79 Å². The smallest absolute Gasteiger partial charge is 0.220 e. The lowest BCUT2D eigenvalue weighted by Crippen LogP contribution is -2.43. The zero-order valence-electron chi connectivity index (χ0n) is 10.9. The van der Waals surface area contributed by atoms with Crippen LogP contribution in [0, 0.1) is 6.92 Å². The van der Waals surface area contributed by atoms with E-state index >= 15 is 0 Å². The summed E-state index contributed by atoms with van der Waals surface area (Å²) < 4.78 is 0. The van der Waals surface area contributed by atoms with Gasteiger partial charge in [0.05, 0.1) is 11.0 Å². The highest BCUT2D eigenvalue weighted by Gasteiger charge is 2.12. The van der Waals surface area contributed by atoms with E-state index < -0.39 is 0 Å². The number of thiocarbonyl (C=S) groups is 1. The number of hydrogen-bond donors (Lipinski definition) is 2. The van der Waals surface area contributed by atoms with Gasteiger partial charge in [0.2, 0.25) is 5.91 Å². The lowest BCUT2D eigenvalue weighted by Gasteiger charge is -2.15. The lowest BCUT2D eigenvalue weighted by atomic mass is 10.0. The highest BCUT2D eigenvalue weighted by molar-refractivity contribution is 7.80. The summed E-state index contributed by atoms with van der Waals surface area (Å²) in [6.07, 6.45) is 1.93. The number of carbonyl (C=O) groups excluding carboxylic acids is 1. The van der Waals surface area contributed by atoms with Crippen molar-refractivity contribution in [2.24, 2.45) is 5.73 Å². The Morgan fingerprint density at radius 3 is 2.67 bits per heavy atom. The van der Waals surface area contributed by atoms with Crippen molar-refractivity contribution in [3.8, 4) is 0 Å². The van der Waals surface area contributed by atoms with Gasteiger partial charge in [-0.3, -0.25) is 4.79 Å². The summed E-state index contributed by atoms with van der Waals surface area (Å²) in [5.41, 5.74) is 7.96. The van der Waals surface area contributed by atoms with E-state index in [-0.39, 0.29) is 11.9 Å². The van der Waals surface area contributed by atoms with E-state index in [2.05, 4.69) is 18.3 Å². The first-order valence-electron chi connectivity index (χ1n) is 6.17. The third kappa shape index (κ3) is 4.45. The molecule has 0 fully saturated rings. The Labute approximate surface area is 114 Å². The third-order valence-corrected chi connectivity index (χ3v) is 3.25. The number of amides is 1. The Bertz CT molecular complexity index is 432. The van der Waals surface area contributed by atoms with Gasteiger partial charge in [-0.1, -0.05) is 43.4 Å². The molecule has 0 aliphatic rings. The van der Waals surface area contributed by atoms with Crippen LogP contribution < -0.4 is 11.1 Å². The van der Waals surface area contributed by atoms with Crippen LogP contribution in [0.15, 0.2) is 24.3 Å². The van der Waals surface area contributed by atoms with E-state index in [1.54, 1.807) is 0 Å². The normalized spacial score (nSPS) is 11.9. The first-order valence-corrected chi connectivity index (χ1v) is 6.58. The minimum absolute atomic E-state index is 0.00194. The summed E-state index contributed by atoms with van der Waals surface area (Å²) in [4.78, 5) is 12.1. The van der Waals surface area contributed by atoms with Gasteiger partial charge in [0.15, 0.2) is 0 Å². The molecule has 3 N–H and O–H groups in total. The molecule has 1 unspecified atom stereocenters. The molecule has 18 heavy (non-hydrogen) atoms. The van der Waals surface area contributed by atoms with Gasteiger partial charge in [0.25, 0.3) is 0 Å². The van der Waals surface area contributed by atoms with Gasteiger partial charge in [0.1, 0.15) is 0 Å². The first kappa shape index (κ1) is 14.6. The van der Waals surface area contributed by atoms with E-state index in [4.69, 9.17) is 18.0 Å².